The van der Waals surface area contributed by atoms with Crippen LogP contribution in [0.4, 0.5) is 13.2 Å². The van der Waals surface area contributed by atoms with Crippen LogP contribution in [0.3, 0.4) is 0 Å². The Balaban J connectivity index is 3.57. The molecule has 100 valence electrons. The summed E-state index contributed by atoms with van der Waals surface area (Å²) in [5.74, 6) is -0.667. The van der Waals surface area contributed by atoms with Gasteiger partial charge in [0.2, 0.25) is 0 Å². The normalized spacial score (nSPS) is 13.2. The highest BCUT2D eigenvalue weighted by Gasteiger charge is 2.26. The number of alkyl halides is 3. The van der Waals surface area contributed by atoms with Gasteiger partial charge in [-0.1, -0.05) is 6.58 Å². The zero-order chi connectivity index (χ0) is 13.5. The molecule has 0 aromatic heterocycles. The van der Waals surface area contributed by atoms with Crippen LogP contribution >= 0.6 is 0 Å². The Bertz CT molecular complexity index is 263. The minimum absolute atomic E-state index is 0.176. The van der Waals surface area contributed by atoms with Crippen LogP contribution in [-0.2, 0) is 14.3 Å². The summed E-state index contributed by atoms with van der Waals surface area (Å²) in [7, 11) is 0. The van der Waals surface area contributed by atoms with Gasteiger partial charge in [0.05, 0.1) is 19.6 Å². The lowest BCUT2D eigenvalue weighted by molar-refractivity contribution is -0.150. The van der Waals surface area contributed by atoms with Gasteiger partial charge in [0.15, 0.2) is 0 Å². The second kappa shape index (κ2) is 7.29. The van der Waals surface area contributed by atoms with Crippen molar-refractivity contribution in [3.63, 3.8) is 0 Å². The van der Waals surface area contributed by atoms with E-state index in [0.29, 0.717) is 0 Å². The molecule has 0 aliphatic rings. The molecule has 0 saturated heterocycles. The van der Waals surface area contributed by atoms with Crippen LogP contribution in [-0.4, -0.2) is 43.2 Å². The van der Waals surface area contributed by atoms with Crippen LogP contribution in [0.5, 0.6) is 0 Å². The molecule has 1 atom stereocenters. The monoisotopic (exact) mass is 256 g/mol. The maximum absolute atomic E-state index is 11.7. The van der Waals surface area contributed by atoms with Crippen LogP contribution in [0.15, 0.2) is 12.2 Å². The Morgan fingerprint density at radius 2 is 2.00 bits per heavy atom. The molecule has 0 heterocycles. The summed E-state index contributed by atoms with van der Waals surface area (Å²) in [6.45, 7) is 3.57. The van der Waals surface area contributed by atoms with Gasteiger partial charge >= 0.3 is 12.1 Å². The highest BCUT2D eigenvalue weighted by molar-refractivity contribution is 5.86. The molecule has 0 aliphatic carbocycles. The average Bonchev–Trinajstić information content (AvgIpc) is 2.19. The third-order valence-corrected chi connectivity index (χ3v) is 1.60. The van der Waals surface area contributed by atoms with Crippen molar-refractivity contribution in [2.24, 2.45) is 0 Å². The molecule has 7 heteroatoms. The van der Waals surface area contributed by atoms with Crippen molar-refractivity contribution in [2.45, 2.75) is 25.6 Å². The Morgan fingerprint density at radius 1 is 1.41 bits per heavy atom. The lowest BCUT2D eigenvalue weighted by Gasteiger charge is -2.12. The first kappa shape index (κ1) is 15.9. The van der Waals surface area contributed by atoms with Crippen molar-refractivity contribution >= 4 is 5.97 Å². The smallest absolute Gasteiger partial charge is 0.391 e. The molecule has 1 N–H and O–H groups in total. The average molecular weight is 256 g/mol. The summed E-state index contributed by atoms with van der Waals surface area (Å²) in [6, 6.07) is 0. The molecule has 1 unspecified atom stereocenters. The van der Waals surface area contributed by atoms with E-state index in [1.165, 1.54) is 6.92 Å². The SMILES string of the molecule is C=C(C)C(=O)OCC(O)COCCC(F)(F)F. The van der Waals surface area contributed by atoms with Gasteiger partial charge in [-0.05, 0) is 6.92 Å². The van der Waals surface area contributed by atoms with Crippen LogP contribution in [0, 0.1) is 0 Å². The van der Waals surface area contributed by atoms with E-state index in [2.05, 4.69) is 16.1 Å². The maximum Gasteiger partial charge on any atom is 0.391 e. The summed E-state index contributed by atoms with van der Waals surface area (Å²) in [6.07, 6.45) is -6.51. The molecular formula is C10H15F3O4. The van der Waals surface area contributed by atoms with Gasteiger partial charge in [-0.25, -0.2) is 4.79 Å². The fourth-order valence-electron chi connectivity index (χ4n) is 0.750. The molecular weight excluding hydrogens is 241 g/mol. The lowest BCUT2D eigenvalue weighted by Crippen LogP contribution is -2.25. The fourth-order valence-corrected chi connectivity index (χ4v) is 0.750. The van der Waals surface area contributed by atoms with Crippen molar-refractivity contribution in [1.29, 1.82) is 0 Å². The summed E-state index contributed by atoms with van der Waals surface area (Å²) in [5.41, 5.74) is 0.176. The molecule has 0 amide bonds. The second-order valence-corrected chi connectivity index (χ2v) is 3.47. The first-order chi connectivity index (χ1) is 7.72. The number of hydrogen-bond acceptors (Lipinski definition) is 4. The maximum atomic E-state index is 11.7. The molecule has 0 spiro atoms. The van der Waals surface area contributed by atoms with Crippen molar-refractivity contribution in [2.75, 3.05) is 19.8 Å². The molecule has 0 aliphatic heterocycles. The van der Waals surface area contributed by atoms with Gasteiger partial charge in [-0.2, -0.15) is 13.2 Å². The third-order valence-electron chi connectivity index (χ3n) is 1.60. The number of esters is 1. The number of carbonyl (C=O) groups excluding carboxylic acids is 1. The predicted molar refractivity (Wildman–Crippen MR) is 53.3 cm³/mol. The minimum Gasteiger partial charge on any atom is -0.460 e. The van der Waals surface area contributed by atoms with Gasteiger partial charge < -0.3 is 14.6 Å². The van der Waals surface area contributed by atoms with E-state index < -0.39 is 31.3 Å². The Hall–Kier alpha value is -1.08. The first-order valence-corrected chi connectivity index (χ1v) is 4.87. The molecule has 0 saturated carbocycles. The van der Waals surface area contributed by atoms with Crippen molar-refractivity contribution in [1.82, 2.24) is 0 Å². The number of hydrogen-bond donors (Lipinski definition) is 1. The molecule has 0 aromatic carbocycles. The van der Waals surface area contributed by atoms with Gasteiger partial charge in [-0.3, -0.25) is 0 Å². The summed E-state index contributed by atoms with van der Waals surface area (Å²) in [5, 5.41) is 9.20. The zero-order valence-corrected chi connectivity index (χ0v) is 9.42. The standard InChI is InChI=1S/C10H15F3O4/c1-7(2)9(15)17-6-8(14)5-16-4-3-10(11,12)13/h8,14H,1,3-6H2,2H3. The topological polar surface area (TPSA) is 55.8 Å². The van der Waals surface area contributed by atoms with Crippen LogP contribution in [0.2, 0.25) is 0 Å². The molecule has 0 rings (SSSR count). The highest BCUT2D eigenvalue weighted by atomic mass is 19.4. The number of carbonyl (C=O) groups is 1. The summed E-state index contributed by atoms with van der Waals surface area (Å²) < 4.78 is 44.3. The number of rotatable bonds is 7. The van der Waals surface area contributed by atoms with Crippen LogP contribution in [0.1, 0.15) is 13.3 Å². The fraction of sp³-hybridized carbons (Fsp3) is 0.700. The van der Waals surface area contributed by atoms with Gasteiger partial charge in [0.25, 0.3) is 0 Å². The molecule has 0 bridgehead atoms. The van der Waals surface area contributed by atoms with Gasteiger partial charge in [-0.15, -0.1) is 0 Å². The Morgan fingerprint density at radius 3 is 2.47 bits per heavy atom. The van der Waals surface area contributed by atoms with E-state index in [1.54, 1.807) is 0 Å². The number of aliphatic hydroxyl groups excluding tert-OH is 1. The largest absolute Gasteiger partial charge is 0.460 e. The third kappa shape index (κ3) is 9.83. The quantitative estimate of drug-likeness (QED) is 0.425. The van der Waals surface area contributed by atoms with E-state index in [0.717, 1.165) is 0 Å². The number of ether oxygens (including phenoxy) is 2. The van der Waals surface area contributed by atoms with E-state index in [4.69, 9.17) is 0 Å². The molecule has 4 nitrogen and oxygen atoms in total. The summed E-state index contributed by atoms with van der Waals surface area (Å²) in [4.78, 5) is 10.9. The van der Waals surface area contributed by atoms with Crippen molar-refractivity contribution in [3.8, 4) is 0 Å². The van der Waals surface area contributed by atoms with Crippen LogP contribution < -0.4 is 0 Å². The molecule has 0 fully saturated rings. The first-order valence-electron chi connectivity index (χ1n) is 4.87. The number of halogens is 3. The lowest BCUT2D eigenvalue weighted by atomic mass is 10.3. The minimum atomic E-state index is -4.28. The van der Waals surface area contributed by atoms with E-state index in [9.17, 15) is 23.1 Å². The Kier molecular flexibility index (Phi) is 6.82. The summed E-state index contributed by atoms with van der Waals surface area (Å²) >= 11 is 0. The molecule has 0 aromatic rings. The van der Waals surface area contributed by atoms with Crippen molar-refractivity contribution in [3.05, 3.63) is 12.2 Å². The van der Waals surface area contributed by atoms with E-state index in [-0.39, 0.29) is 18.8 Å². The zero-order valence-electron chi connectivity index (χ0n) is 9.42. The van der Waals surface area contributed by atoms with Gasteiger partial charge in [0, 0.05) is 5.57 Å². The second-order valence-electron chi connectivity index (χ2n) is 3.47. The van der Waals surface area contributed by atoms with E-state index in [1.807, 2.05) is 0 Å². The van der Waals surface area contributed by atoms with Crippen molar-refractivity contribution < 1.29 is 32.5 Å². The molecule has 17 heavy (non-hydrogen) atoms. The Labute approximate surface area is 97.0 Å². The van der Waals surface area contributed by atoms with E-state index >= 15 is 0 Å². The number of aliphatic hydroxyl groups is 1. The highest BCUT2D eigenvalue weighted by Crippen LogP contribution is 2.18. The predicted octanol–water partition coefficient (Wildman–Crippen LogP) is 1.44. The van der Waals surface area contributed by atoms with Gasteiger partial charge in [0.1, 0.15) is 12.7 Å². The molecule has 0 radical (unpaired) electrons. The van der Waals surface area contributed by atoms with Crippen LogP contribution in [0.25, 0.3) is 0 Å².